The van der Waals surface area contributed by atoms with Crippen molar-refractivity contribution < 1.29 is 13.2 Å². The third-order valence-corrected chi connectivity index (χ3v) is 8.16. The molecule has 186 valence electrons. The van der Waals surface area contributed by atoms with E-state index in [9.17, 15) is 13.2 Å². The first-order valence-corrected chi connectivity index (χ1v) is 13.7. The fraction of sp³-hybridized carbons (Fsp3) is 0.179. The Morgan fingerprint density at radius 1 is 0.889 bits per heavy atom. The second kappa shape index (κ2) is 11.3. The lowest BCUT2D eigenvalue weighted by atomic mass is 9.96. The zero-order valence-corrected chi connectivity index (χ0v) is 22.0. The fourth-order valence-electron chi connectivity index (χ4n) is 4.07. The van der Waals surface area contributed by atoms with Crippen molar-refractivity contribution >= 4 is 55.6 Å². The van der Waals surface area contributed by atoms with Gasteiger partial charge < -0.3 is 5.32 Å². The van der Waals surface area contributed by atoms with Gasteiger partial charge in [-0.05, 0) is 71.1 Å². The number of nitrogens with zero attached hydrogens (tertiary/aromatic N) is 1. The molecule has 4 rings (SSSR count). The first kappa shape index (κ1) is 26.0. The lowest BCUT2D eigenvalue weighted by Gasteiger charge is -2.24. The van der Waals surface area contributed by atoms with Crippen molar-refractivity contribution in [2.75, 3.05) is 17.4 Å². The van der Waals surface area contributed by atoms with Gasteiger partial charge in [0.1, 0.15) is 6.54 Å². The lowest BCUT2D eigenvalue weighted by Crippen LogP contribution is -2.42. The van der Waals surface area contributed by atoms with E-state index in [2.05, 4.69) is 36.5 Å². The highest BCUT2D eigenvalue weighted by Gasteiger charge is 2.27. The average molecular weight is 542 g/mol. The van der Waals surface area contributed by atoms with Gasteiger partial charge in [0.05, 0.1) is 10.6 Å². The Morgan fingerprint density at radius 3 is 2.33 bits per heavy atom. The van der Waals surface area contributed by atoms with Crippen LogP contribution in [0.3, 0.4) is 0 Å². The molecule has 8 heteroatoms. The molecular formula is C28H26Cl2N2O3S. The van der Waals surface area contributed by atoms with Crippen LogP contribution >= 0.6 is 23.2 Å². The fourth-order valence-corrected chi connectivity index (χ4v) is 5.80. The van der Waals surface area contributed by atoms with Gasteiger partial charge in [0.25, 0.3) is 10.0 Å². The first-order chi connectivity index (χ1) is 17.2. The lowest BCUT2D eigenvalue weighted by molar-refractivity contribution is -0.119. The number of nitrogens with one attached hydrogen (secondary N) is 1. The van der Waals surface area contributed by atoms with E-state index in [1.165, 1.54) is 46.7 Å². The molecule has 0 saturated heterocycles. The summed E-state index contributed by atoms with van der Waals surface area (Å²) >= 11 is 12.1. The summed E-state index contributed by atoms with van der Waals surface area (Å²) < 4.78 is 28.0. The van der Waals surface area contributed by atoms with Crippen molar-refractivity contribution in [1.82, 2.24) is 5.32 Å². The number of halogens is 2. The molecule has 1 amide bonds. The molecule has 0 spiro atoms. The zero-order chi connectivity index (χ0) is 25.7. The standard InChI is InChI=1S/C28H26Cl2N2O3S/c1-20(16-22-8-4-7-21-6-2-3-11-27(21)22)18-31-28(33)19-32(25-10-5-9-24(30)17-25)36(34,35)26-14-12-23(29)13-15-26/h2-15,17,20H,16,18-19H2,1H3,(H,31,33). The van der Waals surface area contributed by atoms with Crippen LogP contribution in [0.2, 0.25) is 10.0 Å². The summed E-state index contributed by atoms with van der Waals surface area (Å²) in [5.74, 6) is -0.260. The highest BCUT2D eigenvalue weighted by molar-refractivity contribution is 7.92. The van der Waals surface area contributed by atoms with Gasteiger partial charge in [-0.15, -0.1) is 0 Å². The van der Waals surface area contributed by atoms with Crippen molar-refractivity contribution in [3.8, 4) is 0 Å². The van der Waals surface area contributed by atoms with Crippen molar-refractivity contribution in [2.45, 2.75) is 18.2 Å². The highest BCUT2D eigenvalue weighted by atomic mass is 35.5. The van der Waals surface area contributed by atoms with Crippen molar-refractivity contribution in [1.29, 1.82) is 0 Å². The Hall–Kier alpha value is -3.06. The average Bonchev–Trinajstić information content (AvgIpc) is 2.86. The normalized spacial score (nSPS) is 12.3. The zero-order valence-electron chi connectivity index (χ0n) is 19.7. The van der Waals surface area contributed by atoms with Crippen LogP contribution in [0.1, 0.15) is 12.5 Å². The van der Waals surface area contributed by atoms with Gasteiger partial charge in [-0.3, -0.25) is 9.10 Å². The summed E-state index contributed by atoms with van der Waals surface area (Å²) in [5.41, 5.74) is 1.51. The third-order valence-electron chi connectivity index (χ3n) is 5.88. The number of hydrogen-bond acceptors (Lipinski definition) is 3. The number of sulfonamides is 1. The minimum absolute atomic E-state index is 0.0315. The molecule has 0 aliphatic heterocycles. The monoisotopic (exact) mass is 540 g/mol. The number of hydrogen-bond donors (Lipinski definition) is 1. The molecule has 4 aromatic rings. The Labute approximate surface area is 221 Å². The second-order valence-electron chi connectivity index (χ2n) is 8.70. The quantitative estimate of drug-likeness (QED) is 0.269. The van der Waals surface area contributed by atoms with E-state index in [-0.39, 0.29) is 17.4 Å². The number of rotatable bonds is 9. The summed E-state index contributed by atoms with van der Waals surface area (Å²) in [5, 5.41) is 6.06. The molecule has 0 fully saturated rings. The van der Waals surface area contributed by atoms with Crippen LogP contribution in [0.15, 0.2) is 95.9 Å². The van der Waals surface area contributed by atoms with E-state index in [1.807, 2.05) is 18.2 Å². The van der Waals surface area contributed by atoms with Crippen molar-refractivity contribution in [3.05, 3.63) is 107 Å². The van der Waals surface area contributed by atoms with Crippen LogP contribution in [0.4, 0.5) is 5.69 Å². The van der Waals surface area contributed by atoms with Gasteiger partial charge in [0, 0.05) is 16.6 Å². The van der Waals surface area contributed by atoms with Crippen LogP contribution in [-0.4, -0.2) is 27.4 Å². The first-order valence-electron chi connectivity index (χ1n) is 11.5. The predicted molar refractivity (Wildman–Crippen MR) is 147 cm³/mol. The number of fused-ring (bicyclic) bond motifs is 1. The molecule has 0 heterocycles. The number of carbonyl (C=O) groups is 1. The molecule has 4 aromatic carbocycles. The molecule has 0 radical (unpaired) electrons. The SMILES string of the molecule is CC(CNC(=O)CN(c1cccc(Cl)c1)S(=O)(=O)c1ccc(Cl)cc1)Cc1cccc2ccccc12. The number of amides is 1. The van der Waals surface area contributed by atoms with E-state index < -0.39 is 15.9 Å². The topological polar surface area (TPSA) is 66.5 Å². The molecule has 0 aliphatic rings. The van der Waals surface area contributed by atoms with Gasteiger partial charge in [-0.25, -0.2) is 8.42 Å². The van der Waals surface area contributed by atoms with E-state index in [0.29, 0.717) is 22.3 Å². The molecule has 0 aromatic heterocycles. The van der Waals surface area contributed by atoms with Crippen LogP contribution in [0, 0.1) is 5.92 Å². The number of anilines is 1. The summed E-state index contributed by atoms with van der Waals surface area (Å²) in [7, 11) is -4.04. The largest absolute Gasteiger partial charge is 0.354 e. The Bertz CT molecular complexity index is 1470. The molecule has 5 nitrogen and oxygen atoms in total. The predicted octanol–water partition coefficient (Wildman–Crippen LogP) is 6.34. The van der Waals surface area contributed by atoms with Gasteiger partial charge in [-0.2, -0.15) is 0 Å². The van der Waals surface area contributed by atoms with Gasteiger partial charge in [0.2, 0.25) is 5.91 Å². The number of benzene rings is 4. The Morgan fingerprint density at radius 2 is 1.58 bits per heavy atom. The molecule has 1 unspecified atom stereocenters. The van der Waals surface area contributed by atoms with E-state index >= 15 is 0 Å². The van der Waals surface area contributed by atoms with Crippen LogP contribution in [-0.2, 0) is 21.2 Å². The maximum Gasteiger partial charge on any atom is 0.264 e. The van der Waals surface area contributed by atoms with E-state index in [1.54, 1.807) is 18.2 Å². The second-order valence-corrected chi connectivity index (χ2v) is 11.4. The van der Waals surface area contributed by atoms with Crippen LogP contribution < -0.4 is 9.62 Å². The van der Waals surface area contributed by atoms with Crippen LogP contribution in [0.25, 0.3) is 10.8 Å². The van der Waals surface area contributed by atoms with Gasteiger partial charge in [0.15, 0.2) is 0 Å². The summed E-state index contributed by atoms with van der Waals surface area (Å²) in [4.78, 5) is 13.0. The molecule has 0 bridgehead atoms. The minimum Gasteiger partial charge on any atom is -0.354 e. The van der Waals surface area contributed by atoms with Gasteiger partial charge in [-0.1, -0.05) is 78.7 Å². The minimum atomic E-state index is -4.04. The summed E-state index contributed by atoms with van der Waals surface area (Å²) in [6.07, 6.45) is 0.780. The van der Waals surface area contributed by atoms with Crippen molar-refractivity contribution in [2.24, 2.45) is 5.92 Å². The molecule has 36 heavy (non-hydrogen) atoms. The molecule has 0 saturated carbocycles. The Balaban J connectivity index is 1.48. The smallest absolute Gasteiger partial charge is 0.264 e. The molecule has 1 atom stereocenters. The number of carbonyl (C=O) groups excluding carboxylic acids is 1. The van der Waals surface area contributed by atoms with Crippen LogP contribution in [0.5, 0.6) is 0 Å². The molecule has 1 N–H and O–H groups in total. The van der Waals surface area contributed by atoms with Crippen molar-refractivity contribution in [3.63, 3.8) is 0 Å². The highest BCUT2D eigenvalue weighted by Crippen LogP contribution is 2.27. The van der Waals surface area contributed by atoms with Gasteiger partial charge >= 0.3 is 0 Å². The Kier molecular flexibility index (Phi) is 8.19. The summed E-state index contributed by atoms with van der Waals surface area (Å²) in [6.45, 7) is 2.08. The third kappa shape index (κ3) is 6.19. The van der Waals surface area contributed by atoms with E-state index in [4.69, 9.17) is 23.2 Å². The summed E-state index contributed by atoms with van der Waals surface area (Å²) in [6, 6.07) is 26.7. The van der Waals surface area contributed by atoms with E-state index in [0.717, 1.165) is 10.7 Å². The maximum absolute atomic E-state index is 13.5. The molecular weight excluding hydrogens is 515 g/mol. The maximum atomic E-state index is 13.5. The molecule has 0 aliphatic carbocycles.